The van der Waals surface area contributed by atoms with Crippen molar-refractivity contribution < 1.29 is 5.11 Å². The van der Waals surface area contributed by atoms with Gasteiger partial charge in [-0.25, -0.2) is 0 Å². The maximum atomic E-state index is 9.87. The minimum absolute atomic E-state index is 0.104. The van der Waals surface area contributed by atoms with Crippen LogP contribution in [0.4, 0.5) is 0 Å². The van der Waals surface area contributed by atoms with Crippen molar-refractivity contribution in [3.05, 3.63) is 20.8 Å². The third-order valence-corrected chi connectivity index (χ3v) is 6.06. The van der Waals surface area contributed by atoms with E-state index in [0.29, 0.717) is 24.7 Å². The molecule has 0 radical (unpaired) electrons. The summed E-state index contributed by atoms with van der Waals surface area (Å²) in [5, 5.41) is 12.0. The molecule has 3 atom stereocenters. The number of fused-ring (bicyclic) bond motifs is 2. The standard InChI is InChI=1S/C13H19BrN2OS/c14-8-3-13(18-7-8)12(6-15)16-9-1-2-10(16)5-11(17)4-9/h3,7,9-12,17H,1-2,4-6,15H2. The lowest BCUT2D eigenvalue weighted by atomic mass is 9.97. The van der Waals surface area contributed by atoms with Crippen LogP contribution in [0.5, 0.6) is 0 Å². The van der Waals surface area contributed by atoms with E-state index in [4.69, 9.17) is 5.73 Å². The number of thiophene rings is 1. The predicted octanol–water partition coefficient (Wildman–Crippen LogP) is 2.50. The molecule has 1 aromatic heterocycles. The van der Waals surface area contributed by atoms with Crippen molar-refractivity contribution in [3.8, 4) is 0 Å². The fourth-order valence-electron chi connectivity index (χ4n) is 3.58. The molecule has 5 heteroatoms. The highest BCUT2D eigenvalue weighted by Gasteiger charge is 2.43. The minimum Gasteiger partial charge on any atom is -0.393 e. The second kappa shape index (κ2) is 5.21. The Hall–Kier alpha value is 0.0600. The molecule has 3 rings (SSSR count). The lowest BCUT2D eigenvalue weighted by molar-refractivity contribution is 0.0124. The molecule has 2 bridgehead atoms. The van der Waals surface area contributed by atoms with E-state index in [2.05, 4.69) is 32.3 Å². The molecule has 2 aliphatic rings. The molecule has 0 amide bonds. The fraction of sp³-hybridized carbons (Fsp3) is 0.692. The van der Waals surface area contributed by atoms with Gasteiger partial charge in [-0.05, 0) is 47.7 Å². The summed E-state index contributed by atoms with van der Waals surface area (Å²) in [5.41, 5.74) is 6.02. The molecule has 0 spiro atoms. The smallest absolute Gasteiger partial charge is 0.0570 e. The zero-order chi connectivity index (χ0) is 12.7. The van der Waals surface area contributed by atoms with E-state index in [-0.39, 0.29) is 6.10 Å². The van der Waals surface area contributed by atoms with Crippen LogP contribution in [0, 0.1) is 0 Å². The van der Waals surface area contributed by atoms with Crippen LogP contribution in [0.3, 0.4) is 0 Å². The van der Waals surface area contributed by atoms with Crippen LogP contribution in [-0.4, -0.2) is 34.7 Å². The van der Waals surface area contributed by atoms with E-state index in [9.17, 15) is 5.11 Å². The Bertz CT molecular complexity index is 411. The molecule has 2 aliphatic heterocycles. The predicted molar refractivity (Wildman–Crippen MR) is 77.7 cm³/mol. The number of hydrogen-bond donors (Lipinski definition) is 2. The van der Waals surface area contributed by atoms with Crippen molar-refractivity contribution >= 4 is 27.3 Å². The molecule has 18 heavy (non-hydrogen) atoms. The molecule has 2 saturated heterocycles. The molecule has 100 valence electrons. The van der Waals surface area contributed by atoms with E-state index in [1.54, 1.807) is 11.3 Å². The van der Waals surface area contributed by atoms with Gasteiger partial charge in [0.15, 0.2) is 0 Å². The first kappa shape index (κ1) is 13.1. The molecular formula is C13H19BrN2OS. The van der Waals surface area contributed by atoms with Gasteiger partial charge in [-0.1, -0.05) is 0 Å². The molecule has 0 aliphatic carbocycles. The van der Waals surface area contributed by atoms with E-state index in [0.717, 1.165) is 17.3 Å². The molecule has 3 heterocycles. The van der Waals surface area contributed by atoms with Crippen LogP contribution in [0.1, 0.15) is 36.6 Å². The Balaban J connectivity index is 1.84. The van der Waals surface area contributed by atoms with Crippen LogP contribution in [0.25, 0.3) is 0 Å². The first-order valence-corrected chi connectivity index (χ1v) is 8.25. The molecule has 0 saturated carbocycles. The van der Waals surface area contributed by atoms with Gasteiger partial charge in [-0.3, -0.25) is 4.90 Å². The van der Waals surface area contributed by atoms with Crippen LogP contribution >= 0.6 is 27.3 Å². The van der Waals surface area contributed by atoms with Crippen molar-refractivity contribution in [2.24, 2.45) is 5.73 Å². The van der Waals surface area contributed by atoms with Crippen molar-refractivity contribution in [2.45, 2.75) is 49.9 Å². The molecule has 3 nitrogen and oxygen atoms in total. The highest BCUT2D eigenvalue weighted by atomic mass is 79.9. The van der Waals surface area contributed by atoms with Crippen LogP contribution in [0.2, 0.25) is 0 Å². The summed E-state index contributed by atoms with van der Waals surface area (Å²) < 4.78 is 1.14. The number of nitrogens with two attached hydrogens (primary N) is 1. The lowest BCUT2D eigenvalue weighted by Gasteiger charge is -2.41. The summed E-state index contributed by atoms with van der Waals surface area (Å²) in [6.45, 7) is 0.663. The number of halogens is 1. The maximum Gasteiger partial charge on any atom is 0.0570 e. The summed E-state index contributed by atoms with van der Waals surface area (Å²) in [6, 6.07) is 3.56. The summed E-state index contributed by atoms with van der Waals surface area (Å²) >= 11 is 5.30. The zero-order valence-electron chi connectivity index (χ0n) is 10.3. The summed E-state index contributed by atoms with van der Waals surface area (Å²) in [5.74, 6) is 0. The SMILES string of the molecule is NCC(c1cc(Br)cs1)N1C2CCC1CC(O)C2. The van der Waals surface area contributed by atoms with Gasteiger partial charge in [0.05, 0.1) is 12.1 Å². The average molecular weight is 331 g/mol. The molecule has 1 aromatic rings. The van der Waals surface area contributed by atoms with Gasteiger partial charge >= 0.3 is 0 Å². The van der Waals surface area contributed by atoms with E-state index in [1.807, 2.05) is 0 Å². The van der Waals surface area contributed by atoms with Crippen LogP contribution in [-0.2, 0) is 0 Å². The highest BCUT2D eigenvalue weighted by Crippen LogP contribution is 2.42. The number of piperidine rings is 1. The Kier molecular flexibility index (Phi) is 3.78. The van der Waals surface area contributed by atoms with Crippen molar-refractivity contribution in [1.82, 2.24) is 4.90 Å². The first-order chi connectivity index (χ1) is 8.69. The molecule has 0 aromatic carbocycles. The van der Waals surface area contributed by atoms with Crippen molar-refractivity contribution in [3.63, 3.8) is 0 Å². The quantitative estimate of drug-likeness (QED) is 0.895. The monoisotopic (exact) mass is 330 g/mol. The van der Waals surface area contributed by atoms with E-state index < -0.39 is 0 Å². The minimum atomic E-state index is -0.104. The first-order valence-electron chi connectivity index (χ1n) is 6.58. The van der Waals surface area contributed by atoms with Gasteiger partial charge in [-0.2, -0.15) is 0 Å². The number of aliphatic hydroxyl groups is 1. The Labute approximate surface area is 120 Å². The highest BCUT2D eigenvalue weighted by molar-refractivity contribution is 9.10. The summed E-state index contributed by atoms with van der Waals surface area (Å²) in [6.07, 6.45) is 4.15. The molecule has 3 N–H and O–H groups in total. The van der Waals surface area contributed by atoms with Gasteiger partial charge in [0.25, 0.3) is 0 Å². The Morgan fingerprint density at radius 1 is 1.44 bits per heavy atom. The lowest BCUT2D eigenvalue weighted by Crippen LogP contribution is -2.48. The molecular weight excluding hydrogens is 312 g/mol. The number of aliphatic hydroxyl groups excluding tert-OH is 1. The maximum absolute atomic E-state index is 9.87. The summed E-state index contributed by atoms with van der Waals surface area (Å²) in [4.78, 5) is 3.92. The van der Waals surface area contributed by atoms with Crippen LogP contribution in [0.15, 0.2) is 15.9 Å². The van der Waals surface area contributed by atoms with Gasteiger partial charge in [-0.15, -0.1) is 11.3 Å². The van der Waals surface area contributed by atoms with E-state index >= 15 is 0 Å². The number of hydrogen-bond acceptors (Lipinski definition) is 4. The topological polar surface area (TPSA) is 49.5 Å². The van der Waals surface area contributed by atoms with Gasteiger partial charge in [0, 0.05) is 33.4 Å². The van der Waals surface area contributed by atoms with Crippen molar-refractivity contribution in [1.29, 1.82) is 0 Å². The third kappa shape index (κ3) is 2.27. The zero-order valence-corrected chi connectivity index (χ0v) is 12.7. The van der Waals surface area contributed by atoms with Crippen molar-refractivity contribution in [2.75, 3.05) is 6.54 Å². The summed E-state index contributed by atoms with van der Waals surface area (Å²) in [7, 11) is 0. The average Bonchev–Trinajstić information content (AvgIpc) is 2.85. The van der Waals surface area contributed by atoms with Crippen LogP contribution < -0.4 is 5.73 Å². The molecule has 3 unspecified atom stereocenters. The largest absolute Gasteiger partial charge is 0.393 e. The van der Waals surface area contributed by atoms with Gasteiger partial charge in [0.2, 0.25) is 0 Å². The third-order valence-electron chi connectivity index (χ3n) is 4.26. The fourth-order valence-corrected chi connectivity index (χ4v) is 5.15. The van der Waals surface area contributed by atoms with Gasteiger partial charge in [0.1, 0.15) is 0 Å². The normalized spacial score (nSPS) is 33.8. The second-order valence-electron chi connectivity index (χ2n) is 5.38. The number of nitrogens with zero attached hydrogens (tertiary/aromatic N) is 1. The van der Waals surface area contributed by atoms with E-state index in [1.165, 1.54) is 17.7 Å². The Morgan fingerprint density at radius 3 is 2.61 bits per heavy atom. The molecule has 2 fully saturated rings. The Morgan fingerprint density at radius 2 is 2.11 bits per heavy atom. The van der Waals surface area contributed by atoms with Gasteiger partial charge < -0.3 is 10.8 Å². The second-order valence-corrected chi connectivity index (χ2v) is 7.23. The number of rotatable bonds is 3.